The van der Waals surface area contributed by atoms with Gasteiger partial charge in [-0.1, -0.05) is 0 Å². The van der Waals surface area contributed by atoms with Crippen molar-refractivity contribution in [2.75, 3.05) is 20.1 Å². The summed E-state index contributed by atoms with van der Waals surface area (Å²) in [5.74, 6) is 0. The minimum atomic E-state index is -3.79. The lowest BCUT2D eigenvalue weighted by Crippen LogP contribution is -2.30. The van der Waals surface area contributed by atoms with Crippen molar-refractivity contribution in [1.82, 2.24) is 9.62 Å². The fourth-order valence-corrected chi connectivity index (χ4v) is 4.48. The van der Waals surface area contributed by atoms with Crippen molar-refractivity contribution in [3.8, 4) is 0 Å². The molecule has 0 amide bonds. The second-order valence-electron chi connectivity index (χ2n) is 4.88. The third-order valence-electron chi connectivity index (χ3n) is 3.08. The molecular formula is C12H18F2N2O2S2. The van der Waals surface area contributed by atoms with Gasteiger partial charge in [0.25, 0.3) is 16.4 Å². The number of thiophene rings is 1. The lowest BCUT2D eigenvalue weighted by molar-refractivity contribution is 0.126. The SMILES string of the molecule is CN(CC(F)F)S(=O)(=O)c1ccc(CCNC2CC2)s1. The summed E-state index contributed by atoms with van der Waals surface area (Å²) in [6, 6.07) is 3.87. The standard InChI is InChI=1S/C12H18F2N2O2S2/c1-16(8-11(13)14)20(17,18)12-5-4-10(19-12)6-7-15-9-2-3-9/h4-5,9,11,15H,2-3,6-8H2,1H3. The number of nitrogens with one attached hydrogen (secondary N) is 1. The Morgan fingerprint density at radius 2 is 2.15 bits per heavy atom. The number of nitrogens with zero attached hydrogens (tertiary/aromatic N) is 1. The molecule has 0 saturated heterocycles. The Labute approximate surface area is 121 Å². The number of halogens is 2. The smallest absolute Gasteiger partial charge is 0.252 e. The molecular weight excluding hydrogens is 306 g/mol. The lowest BCUT2D eigenvalue weighted by Gasteiger charge is -2.14. The molecule has 0 radical (unpaired) electrons. The van der Waals surface area contributed by atoms with Crippen LogP contribution in [-0.4, -0.2) is 45.3 Å². The number of sulfonamides is 1. The molecule has 1 aromatic heterocycles. The summed E-state index contributed by atoms with van der Waals surface area (Å²) in [6.07, 6.45) is 0.511. The summed E-state index contributed by atoms with van der Waals surface area (Å²) in [7, 11) is -2.61. The molecule has 8 heteroatoms. The Kier molecular flexibility index (Phi) is 5.11. The lowest BCUT2D eigenvalue weighted by atomic mass is 10.3. The first-order valence-corrected chi connectivity index (χ1v) is 8.72. The van der Waals surface area contributed by atoms with Crippen LogP contribution in [0.15, 0.2) is 16.3 Å². The Bertz CT molecular complexity index is 541. The monoisotopic (exact) mass is 324 g/mol. The predicted molar refractivity (Wildman–Crippen MR) is 74.9 cm³/mol. The van der Waals surface area contributed by atoms with E-state index in [0.717, 1.165) is 29.2 Å². The highest BCUT2D eigenvalue weighted by Gasteiger charge is 2.25. The fourth-order valence-electron chi connectivity index (χ4n) is 1.76. The van der Waals surface area contributed by atoms with E-state index in [2.05, 4.69) is 5.32 Å². The van der Waals surface area contributed by atoms with Gasteiger partial charge < -0.3 is 5.32 Å². The Morgan fingerprint density at radius 1 is 1.45 bits per heavy atom. The topological polar surface area (TPSA) is 49.4 Å². The van der Waals surface area contributed by atoms with Crippen LogP contribution in [0.25, 0.3) is 0 Å². The number of rotatable bonds is 8. The van der Waals surface area contributed by atoms with Gasteiger partial charge in [0.05, 0.1) is 6.54 Å². The van der Waals surface area contributed by atoms with Crippen LogP contribution in [0.5, 0.6) is 0 Å². The number of hydrogen-bond acceptors (Lipinski definition) is 4. The molecule has 1 aliphatic rings. The van der Waals surface area contributed by atoms with Gasteiger partial charge in [-0.25, -0.2) is 17.2 Å². The summed E-state index contributed by atoms with van der Waals surface area (Å²) in [4.78, 5) is 0.946. The van der Waals surface area contributed by atoms with Gasteiger partial charge in [0.2, 0.25) is 0 Å². The summed E-state index contributed by atoms with van der Waals surface area (Å²) in [5, 5.41) is 3.35. The van der Waals surface area contributed by atoms with Gasteiger partial charge in [0.1, 0.15) is 4.21 Å². The van der Waals surface area contributed by atoms with Crippen LogP contribution in [0.1, 0.15) is 17.7 Å². The molecule has 0 spiro atoms. The van der Waals surface area contributed by atoms with Crippen molar-refractivity contribution in [1.29, 1.82) is 0 Å². The van der Waals surface area contributed by atoms with Crippen LogP contribution in [0, 0.1) is 0 Å². The van der Waals surface area contributed by atoms with Crippen molar-refractivity contribution >= 4 is 21.4 Å². The molecule has 20 heavy (non-hydrogen) atoms. The quantitative estimate of drug-likeness (QED) is 0.795. The molecule has 0 unspecified atom stereocenters. The van der Waals surface area contributed by atoms with Crippen molar-refractivity contribution in [3.63, 3.8) is 0 Å². The Hall–Kier alpha value is -0.570. The molecule has 0 aromatic carbocycles. The maximum atomic E-state index is 12.3. The van der Waals surface area contributed by atoms with E-state index >= 15 is 0 Å². The third-order valence-corrected chi connectivity index (χ3v) is 6.51. The average molecular weight is 324 g/mol. The first kappa shape index (κ1) is 15.8. The molecule has 1 saturated carbocycles. The van der Waals surface area contributed by atoms with Crippen LogP contribution >= 0.6 is 11.3 Å². The van der Waals surface area contributed by atoms with Crippen LogP contribution < -0.4 is 5.32 Å². The van der Waals surface area contributed by atoms with Gasteiger partial charge in [-0.3, -0.25) is 0 Å². The summed E-state index contributed by atoms with van der Waals surface area (Å²) in [5.41, 5.74) is 0. The zero-order chi connectivity index (χ0) is 14.8. The molecule has 1 aromatic rings. The van der Waals surface area contributed by atoms with Gasteiger partial charge in [-0.2, -0.15) is 4.31 Å². The first-order chi connectivity index (χ1) is 9.39. The Morgan fingerprint density at radius 3 is 2.75 bits per heavy atom. The second-order valence-corrected chi connectivity index (χ2v) is 8.32. The van der Waals surface area contributed by atoms with Crippen molar-refractivity contribution < 1.29 is 17.2 Å². The maximum absolute atomic E-state index is 12.3. The average Bonchev–Trinajstić information content (AvgIpc) is 3.04. The van der Waals surface area contributed by atoms with E-state index in [1.165, 1.54) is 26.0 Å². The molecule has 1 aliphatic carbocycles. The predicted octanol–water partition coefficient (Wildman–Crippen LogP) is 1.93. The van der Waals surface area contributed by atoms with Crippen LogP contribution in [-0.2, 0) is 16.4 Å². The van der Waals surface area contributed by atoms with Gasteiger partial charge in [0.15, 0.2) is 0 Å². The van der Waals surface area contributed by atoms with Gasteiger partial charge in [-0.15, -0.1) is 11.3 Å². The van der Waals surface area contributed by atoms with Gasteiger partial charge in [-0.05, 0) is 31.4 Å². The van der Waals surface area contributed by atoms with E-state index in [9.17, 15) is 17.2 Å². The molecule has 0 atom stereocenters. The first-order valence-electron chi connectivity index (χ1n) is 6.46. The zero-order valence-electron chi connectivity index (χ0n) is 11.2. The Balaban J connectivity index is 1.95. The molecule has 1 N–H and O–H groups in total. The van der Waals surface area contributed by atoms with E-state index in [4.69, 9.17) is 0 Å². The van der Waals surface area contributed by atoms with Crippen molar-refractivity contribution in [3.05, 3.63) is 17.0 Å². The molecule has 0 bridgehead atoms. The maximum Gasteiger partial charge on any atom is 0.252 e. The summed E-state index contributed by atoms with van der Waals surface area (Å²) >= 11 is 1.15. The van der Waals surface area contributed by atoms with Crippen LogP contribution in [0.3, 0.4) is 0 Å². The third kappa shape index (κ3) is 4.21. The fraction of sp³-hybridized carbons (Fsp3) is 0.667. The minimum Gasteiger partial charge on any atom is -0.314 e. The van der Waals surface area contributed by atoms with E-state index < -0.39 is 23.0 Å². The van der Waals surface area contributed by atoms with Gasteiger partial charge >= 0.3 is 0 Å². The molecule has 2 rings (SSSR count). The molecule has 0 aliphatic heterocycles. The largest absolute Gasteiger partial charge is 0.314 e. The summed E-state index contributed by atoms with van der Waals surface area (Å²) in [6.45, 7) is 0.0380. The molecule has 4 nitrogen and oxygen atoms in total. The van der Waals surface area contributed by atoms with E-state index in [-0.39, 0.29) is 4.21 Å². The van der Waals surface area contributed by atoms with Crippen molar-refractivity contribution in [2.45, 2.75) is 35.9 Å². The van der Waals surface area contributed by atoms with Crippen LogP contribution in [0.2, 0.25) is 0 Å². The highest BCUT2D eigenvalue weighted by atomic mass is 32.2. The molecule has 1 fully saturated rings. The second kappa shape index (κ2) is 6.46. The zero-order valence-corrected chi connectivity index (χ0v) is 12.8. The van der Waals surface area contributed by atoms with E-state index in [1.54, 1.807) is 6.07 Å². The number of alkyl halides is 2. The van der Waals surface area contributed by atoms with E-state index in [0.29, 0.717) is 10.3 Å². The number of hydrogen-bond donors (Lipinski definition) is 1. The normalized spacial score (nSPS) is 16.2. The molecule has 114 valence electrons. The summed E-state index contributed by atoms with van der Waals surface area (Å²) < 4.78 is 49.5. The van der Waals surface area contributed by atoms with E-state index in [1.807, 2.05) is 0 Å². The minimum absolute atomic E-state index is 0.127. The van der Waals surface area contributed by atoms with Gasteiger partial charge in [0, 0.05) is 24.5 Å². The van der Waals surface area contributed by atoms with Crippen LogP contribution in [0.4, 0.5) is 8.78 Å². The van der Waals surface area contributed by atoms with Crippen molar-refractivity contribution in [2.24, 2.45) is 0 Å². The highest BCUT2D eigenvalue weighted by molar-refractivity contribution is 7.91. The molecule has 1 heterocycles. The highest BCUT2D eigenvalue weighted by Crippen LogP contribution is 2.25.